The third kappa shape index (κ3) is 1.36. The summed E-state index contributed by atoms with van der Waals surface area (Å²) in [4.78, 5) is 4.21. The highest BCUT2D eigenvalue weighted by atomic mass is 79.9. The van der Waals surface area contributed by atoms with Gasteiger partial charge in [0.15, 0.2) is 0 Å². The van der Waals surface area contributed by atoms with E-state index in [9.17, 15) is 0 Å². The van der Waals surface area contributed by atoms with Gasteiger partial charge in [0.2, 0.25) is 0 Å². The van der Waals surface area contributed by atoms with Gasteiger partial charge in [0.25, 0.3) is 0 Å². The number of nitrogens with zero attached hydrogens (tertiary/aromatic N) is 1. The molecule has 0 spiro atoms. The molecule has 0 amide bonds. The van der Waals surface area contributed by atoms with E-state index < -0.39 is 0 Å². The van der Waals surface area contributed by atoms with Crippen molar-refractivity contribution in [3.63, 3.8) is 0 Å². The maximum Gasteiger partial charge on any atom is 0.0430 e. The van der Waals surface area contributed by atoms with Crippen LogP contribution in [0.4, 0.5) is 0 Å². The van der Waals surface area contributed by atoms with Gasteiger partial charge in [-0.15, -0.1) is 0 Å². The molecule has 1 aromatic carbocycles. The van der Waals surface area contributed by atoms with Gasteiger partial charge in [0, 0.05) is 17.2 Å². The first-order chi connectivity index (χ1) is 5.36. The molecule has 0 fully saturated rings. The molecule has 0 aromatic heterocycles. The molecule has 0 unspecified atom stereocenters. The van der Waals surface area contributed by atoms with E-state index in [-0.39, 0.29) is 0 Å². The third-order valence-corrected chi connectivity index (χ3v) is 2.34. The normalized spacial score (nSPS) is 14.6. The quantitative estimate of drug-likeness (QED) is 0.623. The number of hydrogen-bond donors (Lipinski definition) is 0. The highest BCUT2D eigenvalue weighted by molar-refractivity contribution is 9.10. The Kier molecular flexibility index (Phi) is 1.78. The van der Waals surface area contributed by atoms with Crippen LogP contribution < -0.4 is 0 Å². The molecule has 1 aliphatic heterocycles. The van der Waals surface area contributed by atoms with Crippen LogP contribution in [0, 0.1) is 0 Å². The molecule has 0 bridgehead atoms. The summed E-state index contributed by atoms with van der Waals surface area (Å²) in [6.45, 7) is 0.934. The van der Waals surface area contributed by atoms with Crippen LogP contribution in [-0.2, 0) is 6.42 Å². The average molecular weight is 210 g/mol. The molecule has 0 aliphatic carbocycles. The van der Waals surface area contributed by atoms with E-state index in [0.717, 1.165) is 17.4 Å². The molecular weight excluding hydrogens is 202 g/mol. The van der Waals surface area contributed by atoms with Gasteiger partial charge in [-0.05, 0) is 29.7 Å². The topological polar surface area (TPSA) is 12.4 Å². The Balaban J connectivity index is 2.53. The summed E-state index contributed by atoms with van der Waals surface area (Å²) in [5.41, 5.74) is 2.66. The Hall–Kier alpha value is -0.630. The van der Waals surface area contributed by atoms with Gasteiger partial charge in [0.1, 0.15) is 0 Å². The fourth-order valence-electron chi connectivity index (χ4n) is 1.26. The Morgan fingerprint density at radius 1 is 1.36 bits per heavy atom. The maximum absolute atomic E-state index is 4.21. The molecule has 0 radical (unpaired) electrons. The fourth-order valence-corrected chi connectivity index (χ4v) is 1.67. The smallest absolute Gasteiger partial charge is 0.0430 e. The van der Waals surface area contributed by atoms with Crippen LogP contribution in [0.2, 0.25) is 0 Å². The largest absolute Gasteiger partial charge is 0.292 e. The van der Waals surface area contributed by atoms with Crippen LogP contribution in [0.15, 0.2) is 27.7 Å². The van der Waals surface area contributed by atoms with Crippen molar-refractivity contribution < 1.29 is 0 Å². The lowest BCUT2D eigenvalue weighted by atomic mass is 10.0. The van der Waals surface area contributed by atoms with Crippen molar-refractivity contribution >= 4 is 22.1 Å². The summed E-state index contributed by atoms with van der Waals surface area (Å²) in [5.74, 6) is 0. The molecule has 0 saturated heterocycles. The van der Waals surface area contributed by atoms with Crippen LogP contribution in [0.1, 0.15) is 11.1 Å². The van der Waals surface area contributed by atoms with Gasteiger partial charge in [-0.2, -0.15) is 0 Å². The zero-order valence-electron chi connectivity index (χ0n) is 6.05. The van der Waals surface area contributed by atoms with Crippen molar-refractivity contribution in [3.8, 4) is 0 Å². The number of halogens is 1. The Bertz CT molecular complexity index is 304. The Labute approximate surface area is 74.3 Å². The second-order valence-corrected chi connectivity index (χ2v) is 3.54. The van der Waals surface area contributed by atoms with Gasteiger partial charge in [-0.25, -0.2) is 0 Å². The molecule has 1 aliphatic rings. The minimum Gasteiger partial charge on any atom is -0.292 e. The number of fused-ring (bicyclic) bond motifs is 1. The van der Waals surface area contributed by atoms with Gasteiger partial charge < -0.3 is 0 Å². The third-order valence-electron chi connectivity index (χ3n) is 1.85. The number of benzene rings is 1. The molecule has 11 heavy (non-hydrogen) atoms. The van der Waals surface area contributed by atoms with Gasteiger partial charge in [-0.1, -0.05) is 22.0 Å². The van der Waals surface area contributed by atoms with Gasteiger partial charge >= 0.3 is 0 Å². The van der Waals surface area contributed by atoms with Crippen molar-refractivity contribution in [2.75, 3.05) is 6.54 Å². The van der Waals surface area contributed by atoms with Crippen LogP contribution in [-0.4, -0.2) is 12.8 Å². The molecule has 56 valence electrons. The van der Waals surface area contributed by atoms with E-state index >= 15 is 0 Å². The fraction of sp³-hybridized carbons (Fsp3) is 0.222. The standard InChI is InChI=1S/C9H8BrN/c10-9-2-1-8-6-11-4-3-7(8)5-9/h1-2,5-6H,3-4H2. The average Bonchev–Trinajstić information content (AvgIpc) is 2.04. The molecule has 1 heterocycles. The molecule has 0 saturated carbocycles. The highest BCUT2D eigenvalue weighted by Crippen LogP contribution is 2.17. The van der Waals surface area contributed by atoms with Crippen molar-refractivity contribution in [2.45, 2.75) is 6.42 Å². The Morgan fingerprint density at radius 3 is 3.18 bits per heavy atom. The van der Waals surface area contributed by atoms with E-state index in [0.29, 0.717) is 0 Å². The summed E-state index contributed by atoms with van der Waals surface area (Å²) in [7, 11) is 0. The van der Waals surface area contributed by atoms with E-state index in [1.165, 1.54) is 11.1 Å². The molecule has 2 rings (SSSR count). The van der Waals surface area contributed by atoms with Gasteiger partial charge in [0.05, 0.1) is 0 Å². The van der Waals surface area contributed by atoms with Crippen LogP contribution in [0.5, 0.6) is 0 Å². The number of rotatable bonds is 0. The first kappa shape index (κ1) is 7.04. The SMILES string of the molecule is Brc1ccc2c(c1)CCN=C2. The summed E-state index contributed by atoms with van der Waals surface area (Å²) in [6.07, 6.45) is 3.02. The minimum absolute atomic E-state index is 0.934. The zero-order chi connectivity index (χ0) is 7.68. The van der Waals surface area contributed by atoms with Crippen LogP contribution in [0.25, 0.3) is 0 Å². The lowest BCUT2D eigenvalue weighted by Gasteiger charge is -2.08. The van der Waals surface area contributed by atoms with Gasteiger partial charge in [-0.3, -0.25) is 4.99 Å². The first-order valence-electron chi connectivity index (χ1n) is 3.64. The molecular formula is C9H8BrN. The molecule has 2 heteroatoms. The van der Waals surface area contributed by atoms with Crippen molar-refractivity contribution in [2.24, 2.45) is 4.99 Å². The van der Waals surface area contributed by atoms with Crippen molar-refractivity contribution in [1.82, 2.24) is 0 Å². The summed E-state index contributed by atoms with van der Waals surface area (Å²) in [5, 5.41) is 0. The van der Waals surface area contributed by atoms with Crippen molar-refractivity contribution in [3.05, 3.63) is 33.8 Å². The molecule has 0 N–H and O–H groups in total. The molecule has 1 nitrogen and oxygen atoms in total. The Morgan fingerprint density at radius 2 is 2.27 bits per heavy atom. The number of aliphatic imine (C=N–C) groups is 1. The lowest BCUT2D eigenvalue weighted by Crippen LogP contribution is -2.01. The second kappa shape index (κ2) is 2.78. The molecule has 0 atom stereocenters. The molecule has 1 aromatic rings. The predicted molar refractivity (Wildman–Crippen MR) is 50.3 cm³/mol. The highest BCUT2D eigenvalue weighted by Gasteiger charge is 2.03. The minimum atomic E-state index is 0.934. The van der Waals surface area contributed by atoms with Crippen LogP contribution >= 0.6 is 15.9 Å². The number of hydrogen-bond acceptors (Lipinski definition) is 1. The van der Waals surface area contributed by atoms with Crippen LogP contribution in [0.3, 0.4) is 0 Å². The second-order valence-electron chi connectivity index (χ2n) is 2.63. The summed E-state index contributed by atoms with van der Waals surface area (Å²) in [6, 6.07) is 6.32. The maximum atomic E-state index is 4.21. The van der Waals surface area contributed by atoms with E-state index in [1.54, 1.807) is 0 Å². The first-order valence-corrected chi connectivity index (χ1v) is 4.44. The van der Waals surface area contributed by atoms with Crippen molar-refractivity contribution in [1.29, 1.82) is 0 Å². The van der Waals surface area contributed by atoms with E-state index in [1.807, 2.05) is 6.21 Å². The van der Waals surface area contributed by atoms with E-state index in [4.69, 9.17) is 0 Å². The zero-order valence-corrected chi connectivity index (χ0v) is 7.63. The van der Waals surface area contributed by atoms with E-state index in [2.05, 4.69) is 39.1 Å². The monoisotopic (exact) mass is 209 g/mol. The summed E-state index contributed by atoms with van der Waals surface area (Å²) >= 11 is 3.45. The summed E-state index contributed by atoms with van der Waals surface area (Å²) < 4.78 is 1.16. The lowest BCUT2D eigenvalue weighted by molar-refractivity contribution is 0.951. The predicted octanol–water partition coefficient (Wildman–Crippen LogP) is 2.42.